The third-order valence-corrected chi connectivity index (χ3v) is 4.47. The van der Waals surface area contributed by atoms with E-state index >= 15 is 0 Å². The van der Waals surface area contributed by atoms with Crippen molar-refractivity contribution in [2.24, 2.45) is 4.99 Å². The van der Waals surface area contributed by atoms with Crippen LogP contribution >= 0.6 is 24.0 Å². The van der Waals surface area contributed by atoms with Crippen LogP contribution in [0.25, 0.3) is 0 Å². The molecule has 1 heterocycles. The summed E-state index contributed by atoms with van der Waals surface area (Å²) in [5.41, 5.74) is 0.174. The molecule has 1 saturated heterocycles. The van der Waals surface area contributed by atoms with Gasteiger partial charge in [-0.2, -0.15) is 0 Å². The Morgan fingerprint density at radius 1 is 1.37 bits per heavy atom. The Balaban J connectivity index is 0.00000450. The third kappa shape index (κ3) is 8.08. The van der Waals surface area contributed by atoms with E-state index in [1.54, 1.807) is 11.0 Å². The molecule has 1 aromatic carbocycles. The van der Waals surface area contributed by atoms with Crippen LogP contribution in [0, 0.1) is 0 Å². The molecule has 9 heteroatoms. The quantitative estimate of drug-likeness (QED) is 0.304. The first-order valence-electron chi connectivity index (χ1n) is 10.1. The van der Waals surface area contributed by atoms with Gasteiger partial charge in [0.1, 0.15) is 5.60 Å². The van der Waals surface area contributed by atoms with Gasteiger partial charge in [-0.25, -0.2) is 9.79 Å². The summed E-state index contributed by atoms with van der Waals surface area (Å²) in [5, 5.41) is 16.9. The van der Waals surface area contributed by atoms with E-state index < -0.39 is 5.60 Å². The summed E-state index contributed by atoms with van der Waals surface area (Å²) in [6.07, 6.45) is 1.55. The Hall–Kier alpha value is -1.91. The molecule has 1 aliphatic rings. The van der Waals surface area contributed by atoms with E-state index in [1.165, 1.54) is 7.11 Å². The number of rotatable bonds is 5. The highest BCUT2D eigenvalue weighted by molar-refractivity contribution is 14.0. The molecule has 1 atom stereocenters. The van der Waals surface area contributed by atoms with Gasteiger partial charge in [-0.1, -0.05) is 12.1 Å². The number of methoxy groups -OCH3 is 1. The number of carbonyl (C=O) groups is 1. The van der Waals surface area contributed by atoms with Crippen LogP contribution < -0.4 is 15.4 Å². The van der Waals surface area contributed by atoms with Gasteiger partial charge in [-0.15, -0.1) is 24.0 Å². The Morgan fingerprint density at radius 2 is 2.10 bits per heavy atom. The molecule has 30 heavy (non-hydrogen) atoms. The fourth-order valence-electron chi connectivity index (χ4n) is 3.12. The van der Waals surface area contributed by atoms with Crippen LogP contribution in [0.15, 0.2) is 23.2 Å². The first-order chi connectivity index (χ1) is 13.7. The van der Waals surface area contributed by atoms with Crippen molar-refractivity contribution in [2.45, 2.75) is 58.7 Å². The number of carbonyl (C=O) groups excluding carboxylic acids is 1. The number of aliphatic imine (C=N–C) groups is 1. The molecule has 1 unspecified atom stereocenters. The second kappa shape index (κ2) is 12.1. The molecule has 170 valence electrons. The average molecular weight is 534 g/mol. The van der Waals surface area contributed by atoms with E-state index in [2.05, 4.69) is 15.6 Å². The van der Waals surface area contributed by atoms with Crippen molar-refractivity contribution < 1.29 is 19.4 Å². The Bertz CT molecular complexity index is 721. The van der Waals surface area contributed by atoms with Crippen molar-refractivity contribution in [2.75, 3.05) is 26.7 Å². The highest BCUT2D eigenvalue weighted by Crippen LogP contribution is 2.29. The number of nitrogens with one attached hydrogen (secondary N) is 2. The number of hydrogen-bond acceptors (Lipinski definition) is 5. The number of aromatic hydroxyl groups is 1. The standard InChI is InChI=1S/C21H34N4O4.HI/c1-6-22-19(23-13-15-9-7-11-17(28-5)18(15)26)24-16-10-8-12-25(14-16)20(27)29-21(2,3)4;/h7,9,11,16,26H,6,8,10,12-14H2,1-5H3,(H2,22,23,24);1H. The van der Waals surface area contributed by atoms with E-state index in [4.69, 9.17) is 9.47 Å². The van der Waals surface area contributed by atoms with Crippen molar-refractivity contribution in [1.29, 1.82) is 0 Å². The second-order valence-corrected chi connectivity index (χ2v) is 8.07. The Kier molecular flexibility index (Phi) is 10.5. The van der Waals surface area contributed by atoms with Gasteiger partial charge in [0.15, 0.2) is 17.5 Å². The molecule has 1 fully saturated rings. The van der Waals surface area contributed by atoms with Crippen molar-refractivity contribution in [3.05, 3.63) is 23.8 Å². The number of amides is 1. The molecule has 1 aliphatic heterocycles. The zero-order chi connectivity index (χ0) is 21.4. The molecule has 1 aromatic rings. The van der Waals surface area contributed by atoms with Crippen LogP contribution in [0.5, 0.6) is 11.5 Å². The third-order valence-electron chi connectivity index (χ3n) is 4.47. The number of likely N-dealkylation sites (tertiary alicyclic amines) is 1. The molecule has 0 radical (unpaired) electrons. The maximum absolute atomic E-state index is 12.4. The molecule has 2 rings (SSSR count). The summed E-state index contributed by atoms with van der Waals surface area (Å²) < 4.78 is 10.6. The van der Waals surface area contributed by atoms with Crippen molar-refractivity contribution in [3.8, 4) is 11.5 Å². The van der Waals surface area contributed by atoms with Gasteiger partial charge < -0.3 is 30.1 Å². The van der Waals surface area contributed by atoms with Crippen LogP contribution in [-0.2, 0) is 11.3 Å². The predicted octanol–water partition coefficient (Wildman–Crippen LogP) is 3.47. The van der Waals surface area contributed by atoms with Crippen LogP contribution in [0.3, 0.4) is 0 Å². The minimum Gasteiger partial charge on any atom is -0.504 e. The number of piperidine rings is 1. The van der Waals surface area contributed by atoms with Crippen LogP contribution in [0.4, 0.5) is 4.79 Å². The SMILES string of the molecule is CCNC(=NCc1cccc(OC)c1O)NC1CCCN(C(=O)OC(C)(C)C)C1.I. The summed E-state index contributed by atoms with van der Waals surface area (Å²) in [4.78, 5) is 18.7. The van der Waals surface area contributed by atoms with Gasteiger partial charge in [-0.05, 0) is 46.6 Å². The van der Waals surface area contributed by atoms with E-state index in [9.17, 15) is 9.90 Å². The fourth-order valence-corrected chi connectivity index (χ4v) is 3.12. The Morgan fingerprint density at radius 3 is 2.73 bits per heavy atom. The number of hydrogen-bond donors (Lipinski definition) is 3. The lowest BCUT2D eigenvalue weighted by Gasteiger charge is -2.35. The zero-order valence-corrected chi connectivity index (χ0v) is 20.9. The summed E-state index contributed by atoms with van der Waals surface area (Å²) in [6, 6.07) is 5.42. The second-order valence-electron chi connectivity index (χ2n) is 8.07. The van der Waals surface area contributed by atoms with Gasteiger partial charge >= 0.3 is 6.09 Å². The maximum Gasteiger partial charge on any atom is 0.410 e. The largest absolute Gasteiger partial charge is 0.504 e. The minimum atomic E-state index is -0.507. The number of phenols is 1. The summed E-state index contributed by atoms with van der Waals surface area (Å²) >= 11 is 0. The van der Waals surface area contributed by atoms with Crippen molar-refractivity contribution in [1.82, 2.24) is 15.5 Å². The van der Waals surface area contributed by atoms with Crippen LogP contribution in [0.1, 0.15) is 46.1 Å². The Labute approximate surface area is 196 Å². The molecule has 0 spiro atoms. The highest BCUT2D eigenvalue weighted by Gasteiger charge is 2.28. The summed E-state index contributed by atoms with van der Waals surface area (Å²) in [6.45, 7) is 9.87. The number of ether oxygens (including phenoxy) is 2. The van der Waals surface area contributed by atoms with Gasteiger partial charge in [0.25, 0.3) is 0 Å². The molecular weight excluding hydrogens is 499 g/mol. The number of guanidine groups is 1. The lowest BCUT2D eigenvalue weighted by molar-refractivity contribution is 0.0193. The summed E-state index contributed by atoms with van der Waals surface area (Å²) in [5.74, 6) is 1.17. The summed E-state index contributed by atoms with van der Waals surface area (Å²) in [7, 11) is 1.52. The normalized spacial score (nSPS) is 17.0. The molecule has 0 aliphatic carbocycles. The van der Waals surface area contributed by atoms with E-state index in [0.29, 0.717) is 43.5 Å². The molecule has 0 saturated carbocycles. The van der Waals surface area contributed by atoms with E-state index in [-0.39, 0.29) is 41.9 Å². The van der Waals surface area contributed by atoms with Crippen LogP contribution in [-0.4, -0.2) is 60.4 Å². The van der Waals surface area contributed by atoms with Gasteiger partial charge in [0, 0.05) is 31.2 Å². The topological polar surface area (TPSA) is 95.4 Å². The van der Waals surface area contributed by atoms with Gasteiger partial charge in [0.2, 0.25) is 0 Å². The average Bonchev–Trinajstić information content (AvgIpc) is 2.66. The molecule has 3 N–H and O–H groups in total. The zero-order valence-electron chi connectivity index (χ0n) is 18.5. The van der Waals surface area contributed by atoms with Gasteiger partial charge in [0.05, 0.1) is 13.7 Å². The number of phenolic OH excluding ortho intramolecular Hbond substituents is 1. The fraction of sp³-hybridized carbons (Fsp3) is 0.619. The lowest BCUT2D eigenvalue weighted by Crippen LogP contribution is -2.53. The molecule has 1 amide bonds. The smallest absolute Gasteiger partial charge is 0.410 e. The first-order valence-corrected chi connectivity index (χ1v) is 10.1. The first kappa shape index (κ1) is 26.1. The molecule has 8 nitrogen and oxygen atoms in total. The number of halogens is 1. The molecule has 0 aromatic heterocycles. The van der Waals surface area contributed by atoms with Crippen LogP contribution in [0.2, 0.25) is 0 Å². The molecular formula is C21H35IN4O4. The highest BCUT2D eigenvalue weighted by atomic mass is 127. The monoisotopic (exact) mass is 534 g/mol. The number of para-hydroxylation sites is 1. The van der Waals surface area contributed by atoms with E-state index in [1.807, 2.05) is 39.8 Å². The lowest BCUT2D eigenvalue weighted by atomic mass is 10.1. The molecule has 0 bridgehead atoms. The number of nitrogens with zero attached hydrogens (tertiary/aromatic N) is 2. The minimum absolute atomic E-state index is 0. The van der Waals surface area contributed by atoms with E-state index in [0.717, 1.165) is 12.8 Å². The number of benzene rings is 1. The van der Waals surface area contributed by atoms with Crippen molar-refractivity contribution in [3.63, 3.8) is 0 Å². The van der Waals surface area contributed by atoms with Crippen molar-refractivity contribution >= 4 is 36.0 Å². The predicted molar refractivity (Wildman–Crippen MR) is 129 cm³/mol. The van der Waals surface area contributed by atoms with Gasteiger partial charge in [-0.3, -0.25) is 0 Å². The maximum atomic E-state index is 12.4.